The highest BCUT2D eigenvalue weighted by atomic mass is 16.5. The van der Waals surface area contributed by atoms with Gasteiger partial charge in [0.05, 0.1) is 6.42 Å². The lowest BCUT2D eigenvalue weighted by Gasteiger charge is -2.25. The monoisotopic (exact) mass is 356 g/mol. The SMILES string of the molecule is CC(=O)N1CCN(C(=O)Cc2ccccc2C)CC[C@H]1c1nc(C)no1. The fourth-order valence-electron chi connectivity index (χ4n) is 3.34. The molecule has 3 rings (SSSR count). The standard InChI is InChI=1S/C19H24N4O3/c1-13-6-4-5-7-16(13)12-18(25)22-9-8-17(19-20-14(2)21-26-19)23(11-10-22)15(3)24/h4-7,17H,8-12H2,1-3H3/t17-/m0/s1. The minimum atomic E-state index is -0.287. The lowest BCUT2D eigenvalue weighted by Crippen LogP contribution is -2.38. The van der Waals surface area contributed by atoms with Gasteiger partial charge < -0.3 is 14.3 Å². The van der Waals surface area contributed by atoms with Crippen molar-refractivity contribution in [1.82, 2.24) is 19.9 Å². The second-order valence-corrected chi connectivity index (χ2v) is 6.68. The molecule has 2 amide bonds. The lowest BCUT2D eigenvalue weighted by atomic mass is 10.1. The van der Waals surface area contributed by atoms with Gasteiger partial charge in [0.2, 0.25) is 17.7 Å². The Morgan fingerprint density at radius 1 is 1.19 bits per heavy atom. The number of amides is 2. The average Bonchev–Trinajstić information content (AvgIpc) is 2.90. The molecule has 1 aromatic carbocycles. The zero-order valence-electron chi connectivity index (χ0n) is 15.4. The highest BCUT2D eigenvalue weighted by Crippen LogP contribution is 2.26. The molecule has 0 N–H and O–H groups in total. The largest absolute Gasteiger partial charge is 0.341 e. The molecule has 7 nitrogen and oxygen atoms in total. The minimum Gasteiger partial charge on any atom is -0.341 e. The quantitative estimate of drug-likeness (QED) is 0.841. The van der Waals surface area contributed by atoms with Gasteiger partial charge in [0.25, 0.3) is 0 Å². The van der Waals surface area contributed by atoms with Gasteiger partial charge in [-0.2, -0.15) is 4.98 Å². The molecule has 0 saturated carbocycles. The third-order valence-electron chi connectivity index (χ3n) is 4.85. The number of carbonyl (C=O) groups is 2. The van der Waals surface area contributed by atoms with Crippen molar-refractivity contribution in [1.29, 1.82) is 0 Å². The Bertz CT molecular complexity index is 802. The van der Waals surface area contributed by atoms with E-state index in [-0.39, 0.29) is 17.9 Å². The molecule has 1 aromatic heterocycles. The van der Waals surface area contributed by atoms with Crippen LogP contribution in [0, 0.1) is 13.8 Å². The van der Waals surface area contributed by atoms with Crippen LogP contribution in [0.3, 0.4) is 0 Å². The predicted molar refractivity (Wildman–Crippen MR) is 95.2 cm³/mol. The first-order valence-corrected chi connectivity index (χ1v) is 8.85. The average molecular weight is 356 g/mol. The molecule has 0 radical (unpaired) electrons. The van der Waals surface area contributed by atoms with Gasteiger partial charge in [-0.25, -0.2) is 0 Å². The molecule has 26 heavy (non-hydrogen) atoms. The molecule has 0 bridgehead atoms. The third-order valence-corrected chi connectivity index (χ3v) is 4.85. The maximum Gasteiger partial charge on any atom is 0.249 e. The zero-order valence-corrected chi connectivity index (χ0v) is 15.4. The van der Waals surface area contributed by atoms with Gasteiger partial charge in [-0.3, -0.25) is 9.59 Å². The number of rotatable bonds is 3. The van der Waals surface area contributed by atoms with E-state index in [1.54, 1.807) is 11.8 Å². The van der Waals surface area contributed by atoms with Gasteiger partial charge >= 0.3 is 0 Å². The topological polar surface area (TPSA) is 79.5 Å². The first-order valence-electron chi connectivity index (χ1n) is 8.85. The molecule has 0 spiro atoms. The van der Waals surface area contributed by atoms with E-state index >= 15 is 0 Å². The third kappa shape index (κ3) is 3.92. The normalized spacial score (nSPS) is 17.9. The molecule has 1 fully saturated rings. The van der Waals surface area contributed by atoms with Crippen LogP contribution in [0.4, 0.5) is 0 Å². The van der Waals surface area contributed by atoms with Crippen molar-refractivity contribution in [2.45, 2.75) is 39.7 Å². The van der Waals surface area contributed by atoms with E-state index in [1.807, 2.05) is 36.1 Å². The van der Waals surface area contributed by atoms with Crippen LogP contribution in [0.15, 0.2) is 28.8 Å². The fourth-order valence-corrected chi connectivity index (χ4v) is 3.34. The van der Waals surface area contributed by atoms with Crippen LogP contribution in [0.1, 0.15) is 42.2 Å². The van der Waals surface area contributed by atoms with Gasteiger partial charge in [0, 0.05) is 26.6 Å². The van der Waals surface area contributed by atoms with Gasteiger partial charge in [0.1, 0.15) is 6.04 Å². The highest BCUT2D eigenvalue weighted by Gasteiger charge is 2.32. The van der Waals surface area contributed by atoms with E-state index in [9.17, 15) is 9.59 Å². The van der Waals surface area contributed by atoms with Crippen molar-refractivity contribution in [2.24, 2.45) is 0 Å². The molecule has 1 aliphatic rings. The molecule has 0 aliphatic carbocycles. The summed E-state index contributed by atoms with van der Waals surface area (Å²) in [6.07, 6.45) is 0.956. The maximum absolute atomic E-state index is 12.8. The molecular weight excluding hydrogens is 332 g/mol. The predicted octanol–water partition coefficient (Wildman–Crippen LogP) is 2.05. The van der Waals surface area contributed by atoms with Crippen molar-refractivity contribution in [2.75, 3.05) is 19.6 Å². The van der Waals surface area contributed by atoms with E-state index < -0.39 is 0 Å². The van der Waals surface area contributed by atoms with Crippen LogP contribution in [0.2, 0.25) is 0 Å². The number of aryl methyl sites for hydroxylation is 2. The van der Waals surface area contributed by atoms with E-state index in [2.05, 4.69) is 10.1 Å². The zero-order chi connectivity index (χ0) is 18.7. The summed E-state index contributed by atoms with van der Waals surface area (Å²) in [6.45, 7) is 6.81. The fraction of sp³-hybridized carbons (Fsp3) is 0.474. The number of carbonyl (C=O) groups excluding carboxylic acids is 2. The summed E-state index contributed by atoms with van der Waals surface area (Å²) in [4.78, 5) is 32.7. The van der Waals surface area contributed by atoms with Gasteiger partial charge in [0.15, 0.2) is 5.82 Å². The number of benzene rings is 1. The summed E-state index contributed by atoms with van der Waals surface area (Å²) < 4.78 is 5.29. The number of aromatic nitrogens is 2. The molecule has 1 aliphatic heterocycles. The van der Waals surface area contributed by atoms with E-state index in [0.29, 0.717) is 44.2 Å². The highest BCUT2D eigenvalue weighted by molar-refractivity contribution is 5.79. The van der Waals surface area contributed by atoms with Crippen molar-refractivity contribution < 1.29 is 14.1 Å². The van der Waals surface area contributed by atoms with Crippen LogP contribution in [0.5, 0.6) is 0 Å². The Labute approximate surface area is 153 Å². The summed E-state index contributed by atoms with van der Waals surface area (Å²) in [6, 6.07) is 7.62. The number of nitrogens with zero attached hydrogens (tertiary/aromatic N) is 4. The van der Waals surface area contributed by atoms with Crippen LogP contribution in [-0.2, 0) is 16.0 Å². The molecule has 1 saturated heterocycles. The Morgan fingerprint density at radius 3 is 2.62 bits per heavy atom. The van der Waals surface area contributed by atoms with Crippen molar-refractivity contribution in [3.63, 3.8) is 0 Å². The Balaban J connectivity index is 1.73. The van der Waals surface area contributed by atoms with Gasteiger partial charge in [-0.1, -0.05) is 29.4 Å². The molecule has 138 valence electrons. The van der Waals surface area contributed by atoms with E-state index in [4.69, 9.17) is 4.52 Å². The van der Waals surface area contributed by atoms with Gasteiger partial charge in [-0.05, 0) is 31.4 Å². The van der Waals surface area contributed by atoms with Crippen molar-refractivity contribution >= 4 is 11.8 Å². The lowest BCUT2D eigenvalue weighted by molar-refractivity contribution is -0.133. The number of hydrogen-bond donors (Lipinski definition) is 0. The Hall–Kier alpha value is -2.70. The van der Waals surface area contributed by atoms with Crippen LogP contribution in [-0.4, -0.2) is 51.4 Å². The minimum absolute atomic E-state index is 0.0564. The van der Waals surface area contributed by atoms with Crippen molar-refractivity contribution in [3.8, 4) is 0 Å². The van der Waals surface area contributed by atoms with Crippen LogP contribution < -0.4 is 0 Å². The summed E-state index contributed by atoms with van der Waals surface area (Å²) in [5, 5.41) is 3.83. The Kier molecular flexibility index (Phi) is 5.35. The summed E-state index contributed by atoms with van der Waals surface area (Å²) in [5.74, 6) is 0.996. The van der Waals surface area contributed by atoms with Crippen LogP contribution >= 0.6 is 0 Å². The molecule has 2 heterocycles. The second-order valence-electron chi connectivity index (χ2n) is 6.68. The van der Waals surface area contributed by atoms with E-state index in [1.165, 1.54) is 6.92 Å². The second kappa shape index (κ2) is 7.68. The van der Waals surface area contributed by atoms with Crippen molar-refractivity contribution in [3.05, 3.63) is 47.1 Å². The Morgan fingerprint density at radius 2 is 1.96 bits per heavy atom. The summed E-state index contributed by atoms with van der Waals surface area (Å²) in [5.41, 5.74) is 2.15. The molecule has 7 heteroatoms. The first kappa shape index (κ1) is 18.1. The van der Waals surface area contributed by atoms with E-state index in [0.717, 1.165) is 11.1 Å². The van der Waals surface area contributed by atoms with Crippen LogP contribution in [0.25, 0.3) is 0 Å². The molecule has 1 atom stereocenters. The van der Waals surface area contributed by atoms with Gasteiger partial charge in [-0.15, -0.1) is 0 Å². The summed E-state index contributed by atoms with van der Waals surface area (Å²) in [7, 11) is 0. The summed E-state index contributed by atoms with van der Waals surface area (Å²) >= 11 is 0. The smallest absolute Gasteiger partial charge is 0.249 e. The molecule has 0 unspecified atom stereocenters. The molecular formula is C19H24N4O3. The first-order chi connectivity index (χ1) is 12.5. The maximum atomic E-state index is 12.8. The number of hydrogen-bond acceptors (Lipinski definition) is 5. The molecule has 2 aromatic rings.